The number of sulfonamides is 1. The summed E-state index contributed by atoms with van der Waals surface area (Å²) in [6.45, 7) is 1.59. The standard InChI is InChI=1S/C15H16FN5O4S/c1-8-20(2)7-12(26(24,25)19-17)21(8)15(23)10-6-18-13-9(14(10)22)4-3-5-11(13)16/h3-8,19H,17H2,1-2H3,(H,18,22). The van der Waals surface area contributed by atoms with Gasteiger partial charge in [-0.2, -0.15) is 0 Å². The molecule has 1 unspecified atom stereocenters. The number of nitrogens with one attached hydrogen (secondary N) is 2. The Morgan fingerprint density at radius 2 is 2.08 bits per heavy atom. The van der Waals surface area contributed by atoms with Crippen LogP contribution in [0.15, 0.2) is 40.4 Å². The van der Waals surface area contributed by atoms with Gasteiger partial charge in [-0.25, -0.2) is 12.8 Å². The number of aromatic nitrogens is 1. The molecule has 3 rings (SSSR count). The average Bonchev–Trinajstić information content (AvgIpc) is 2.91. The van der Waals surface area contributed by atoms with E-state index in [4.69, 9.17) is 5.84 Å². The highest BCUT2D eigenvalue weighted by Gasteiger charge is 2.39. The Labute approximate surface area is 147 Å². The van der Waals surface area contributed by atoms with Gasteiger partial charge in [0.25, 0.3) is 15.9 Å². The normalized spacial score (nSPS) is 17.7. The Bertz CT molecular complexity index is 1090. The van der Waals surface area contributed by atoms with Crippen molar-refractivity contribution in [3.63, 3.8) is 0 Å². The van der Waals surface area contributed by atoms with Crippen molar-refractivity contribution in [2.45, 2.75) is 13.1 Å². The van der Waals surface area contributed by atoms with Crippen LogP contribution in [0.4, 0.5) is 4.39 Å². The molecule has 138 valence electrons. The van der Waals surface area contributed by atoms with Crippen molar-refractivity contribution in [2.75, 3.05) is 7.05 Å². The molecule has 2 aromatic rings. The highest BCUT2D eigenvalue weighted by atomic mass is 32.2. The van der Waals surface area contributed by atoms with Crippen LogP contribution in [-0.4, -0.2) is 42.3 Å². The number of benzene rings is 1. The summed E-state index contributed by atoms with van der Waals surface area (Å²) in [5.41, 5.74) is -1.06. The molecule has 0 saturated carbocycles. The number of nitrogens with two attached hydrogens (primary N) is 1. The molecule has 0 aliphatic carbocycles. The number of hydrogen-bond acceptors (Lipinski definition) is 6. The van der Waals surface area contributed by atoms with Gasteiger partial charge in [0.15, 0.2) is 5.03 Å². The van der Waals surface area contributed by atoms with Crippen LogP contribution in [-0.2, 0) is 10.0 Å². The molecule has 1 atom stereocenters. The van der Waals surface area contributed by atoms with Crippen LogP contribution >= 0.6 is 0 Å². The minimum atomic E-state index is -4.15. The van der Waals surface area contributed by atoms with Crippen molar-refractivity contribution < 1.29 is 17.6 Å². The summed E-state index contributed by atoms with van der Waals surface area (Å²) >= 11 is 0. The largest absolute Gasteiger partial charge is 0.358 e. The smallest absolute Gasteiger partial charge is 0.270 e. The van der Waals surface area contributed by atoms with Crippen LogP contribution in [0.25, 0.3) is 10.9 Å². The third-order valence-electron chi connectivity index (χ3n) is 4.26. The minimum absolute atomic E-state index is 0.0126. The van der Waals surface area contributed by atoms with Crippen molar-refractivity contribution in [3.8, 4) is 0 Å². The molecule has 11 heteroatoms. The maximum atomic E-state index is 13.8. The van der Waals surface area contributed by atoms with E-state index in [0.717, 1.165) is 11.1 Å². The van der Waals surface area contributed by atoms with Gasteiger partial charge in [-0.3, -0.25) is 20.3 Å². The first-order chi connectivity index (χ1) is 12.2. The lowest BCUT2D eigenvalue weighted by Gasteiger charge is -2.27. The van der Waals surface area contributed by atoms with Crippen molar-refractivity contribution in [3.05, 3.63) is 57.2 Å². The topological polar surface area (TPSA) is 129 Å². The fourth-order valence-electron chi connectivity index (χ4n) is 2.74. The Balaban J connectivity index is 2.15. The number of hydrogen-bond donors (Lipinski definition) is 3. The third kappa shape index (κ3) is 2.66. The summed E-state index contributed by atoms with van der Waals surface area (Å²) in [6.07, 6.45) is 1.62. The SMILES string of the molecule is CC1N(C)C=C(S(=O)(=O)NN)N1C(=O)c1c[nH]c2c(F)cccc2c1=O. The first-order valence-corrected chi connectivity index (χ1v) is 8.97. The molecule has 1 aromatic carbocycles. The summed E-state index contributed by atoms with van der Waals surface area (Å²) in [6, 6.07) is 3.90. The first kappa shape index (κ1) is 18.0. The lowest BCUT2D eigenvalue weighted by atomic mass is 10.1. The van der Waals surface area contributed by atoms with Gasteiger partial charge in [-0.05, 0) is 19.1 Å². The lowest BCUT2D eigenvalue weighted by Crippen LogP contribution is -2.45. The molecular weight excluding hydrogens is 365 g/mol. The van der Waals surface area contributed by atoms with E-state index < -0.39 is 38.4 Å². The number of pyridine rings is 1. The Hall–Kier alpha value is -2.76. The zero-order valence-electron chi connectivity index (χ0n) is 13.9. The van der Waals surface area contributed by atoms with Gasteiger partial charge >= 0.3 is 0 Å². The molecule has 0 spiro atoms. The Kier molecular flexibility index (Phi) is 4.30. The predicted octanol–water partition coefficient (Wildman–Crippen LogP) is -0.00720. The Morgan fingerprint density at radius 1 is 1.38 bits per heavy atom. The first-order valence-electron chi connectivity index (χ1n) is 7.48. The van der Waals surface area contributed by atoms with Gasteiger partial charge in [0.05, 0.1) is 5.52 Å². The second-order valence-electron chi connectivity index (χ2n) is 5.75. The van der Waals surface area contributed by atoms with Gasteiger partial charge in [0.1, 0.15) is 17.5 Å². The molecule has 0 fully saturated rings. The molecule has 4 N–H and O–H groups in total. The number of para-hydroxylation sites is 1. The van der Waals surface area contributed by atoms with Crippen molar-refractivity contribution in [1.82, 2.24) is 19.6 Å². The number of carbonyl (C=O) groups is 1. The number of H-pyrrole nitrogens is 1. The van der Waals surface area contributed by atoms with E-state index in [-0.39, 0.29) is 16.5 Å². The van der Waals surface area contributed by atoms with Gasteiger partial charge in [0, 0.05) is 24.8 Å². The van der Waals surface area contributed by atoms with Crippen molar-refractivity contribution >= 4 is 26.8 Å². The maximum absolute atomic E-state index is 13.8. The van der Waals surface area contributed by atoms with Crippen LogP contribution in [0.5, 0.6) is 0 Å². The van der Waals surface area contributed by atoms with Gasteiger partial charge in [0.2, 0.25) is 5.43 Å². The highest BCUT2D eigenvalue weighted by Crippen LogP contribution is 2.26. The number of nitrogens with zero attached hydrogens (tertiary/aromatic N) is 2. The van der Waals surface area contributed by atoms with Crippen LogP contribution in [0.3, 0.4) is 0 Å². The van der Waals surface area contributed by atoms with E-state index in [2.05, 4.69) is 4.98 Å². The number of fused-ring (bicyclic) bond motifs is 1. The molecule has 1 amide bonds. The third-order valence-corrected chi connectivity index (χ3v) is 5.42. The molecule has 9 nitrogen and oxygen atoms in total. The quantitative estimate of drug-likeness (QED) is 0.507. The summed E-state index contributed by atoms with van der Waals surface area (Å²) in [5, 5.41) is -0.403. The monoisotopic (exact) mass is 381 g/mol. The van der Waals surface area contributed by atoms with E-state index in [1.54, 1.807) is 18.8 Å². The number of halogens is 1. The van der Waals surface area contributed by atoms with Crippen molar-refractivity contribution in [2.24, 2.45) is 5.84 Å². The zero-order valence-corrected chi connectivity index (χ0v) is 14.7. The molecule has 1 aromatic heterocycles. The molecule has 2 heterocycles. The summed E-state index contributed by atoms with van der Waals surface area (Å²) in [4.78, 5) is 32.2. The molecular formula is C15H16FN5O4S. The second kappa shape index (κ2) is 6.20. The average molecular weight is 381 g/mol. The van der Waals surface area contributed by atoms with Crippen LogP contribution in [0.2, 0.25) is 0 Å². The van der Waals surface area contributed by atoms with Gasteiger partial charge in [-0.15, -0.1) is 4.83 Å². The Morgan fingerprint density at radius 3 is 2.73 bits per heavy atom. The molecule has 0 radical (unpaired) electrons. The molecule has 0 saturated heterocycles. The maximum Gasteiger partial charge on any atom is 0.270 e. The molecule has 0 bridgehead atoms. The van der Waals surface area contributed by atoms with Crippen molar-refractivity contribution in [1.29, 1.82) is 0 Å². The molecule has 1 aliphatic heterocycles. The summed E-state index contributed by atoms with van der Waals surface area (Å²) in [5.74, 6) is 3.57. The van der Waals surface area contributed by atoms with Crippen LogP contribution < -0.4 is 16.1 Å². The minimum Gasteiger partial charge on any atom is -0.358 e. The van der Waals surface area contributed by atoms with E-state index in [1.165, 1.54) is 29.3 Å². The highest BCUT2D eigenvalue weighted by molar-refractivity contribution is 7.93. The number of aromatic amines is 1. The van der Waals surface area contributed by atoms with E-state index in [0.29, 0.717) is 0 Å². The number of amides is 1. The lowest BCUT2D eigenvalue weighted by molar-refractivity contribution is 0.0712. The fraction of sp³-hybridized carbons (Fsp3) is 0.200. The van der Waals surface area contributed by atoms with E-state index in [9.17, 15) is 22.4 Å². The zero-order chi connectivity index (χ0) is 19.2. The summed E-state index contributed by atoms with van der Waals surface area (Å²) < 4.78 is 38.0. The van der Waals surface area contributed by atoms with Crippen LogP contribution in [0.1, 0.15) is 17.3 Å². The molecule has 26 heavy (non-hydrogen) atoms. The number of rotatable bonds is 3. The van der Waals surface area contributed by atoms with Gasteiger partial charge in [-0.1, -0.05) is 6.07 Å². The molecule has 1 aliphatic rings. The van der Waals surface area contributed by atoms with Gasteiger partial charge < -0.3 is 9.88 Å². The fourth-order valence-corrected chi connectivity index (χ4v) is 3.66. The van der Waals surface area contributed by atoms with E-state index in [1.807, 2.05) is 0 Å². The number of hydrazine groups is 1. The predicted molar refractivity (Wildman–Crippen MR) is 92.2 cm³/mol. The van der Waals surface area contributed by atoms with E-state index >= 15 is 0 Å². The number of carbonyl (C=O) groups excluding carboxylic acids is 1. The summed E-state index contributed by atoms with van der Waals surface area (Å²) in [7, 11) is -2.57. The second-order valence-corrected chi connectivity index (χ2v) is 7.42. The van der Waals surface area contributed by atoms with Crippen LogP contribution in [0, 0.1) is 5.82 Å².